The minimum absolute atomic E-state index is 0.0833. The molecular weight excluding hydrogens is 232 g/mol. The lowest BCUT2D eigenvalue weighted by Gasteiger charge is -2.26. The highest BCUT2D eigenvalue weighted by Gasteiger charge is 2.26. The maximum absolute atomic E-state index is 6.32. The minimum Gasteiger partial charge on any atom is -0.381 e. The van der Waals surface area contributed by atoms with E-state index in [1.54, 1.807) is 11.3 Å². The van der Waals surface area contributed by atoms with Gasteiger partial charge in [-0.3, -0.25) is 0 Å². The molecule has 1 aliphatic rings. The van der Waals surface area contributed by atoms with E-state index in [4.69, 9.17) is 15.5 Å². The Morgan fingerprint density at radius 1 is 1.41 bits per heavy atom. The van der Waals surface area contributed by atoms with Gasteiger partial charge in [-0.2, -0.15) is 0 Å². The molecule has 2 heterocycles. The predicted molar refractivity (Wildman–Crippen MR) is 71.3 cm³/mol. The van der Waals surface area contributed by atoms with E-state index >= 15 is 0 Å². The number of ether oxygens (including phenoxy) is 1. The maximum Gasteiger partial charge on any atom is 0.110 e. The molecule has 1 saturated heterocycles. The topological polar surface area (TPSA) is 48.1 Å². The van der Waals surface area contributed by atoms with Crippen LogP contribution >= 0.6 is 11.3 Å². The standard InChI is InChI=1S/C13H22N2OS/c1-13(2,3)10-8-17-12(15-10)11(14)9-4-6-16-7-5-9/h8-9,11H,4-7,14H2,1-3H3. The Labute approximate surface area is 107 Å². The first-order valence-electron chi connectivity index (χ1n) is 6.27. The molecule has 96 valence electrons. The van der Waals surface area contributed by atoms with Gasteiger partial charge in [0.2, 0.25) is 0 Å². The molecule has 0 saturated carbocycles. The van der Waals surface area contributed by atoms with Crippen molar-refractivity contribution in [3.63, 3.8) is 0 Å². The van der Waals surface area contributed by atoms with E-state index in [-0.39, 0.29) is 11.5 Å². The van der Waals surface area contributed by atoms with Crippen molar-refractivity contribution in [2.24, 2.45) is 11.7 Å². The molecule has 1 atom stereocenters. The van der Waals surface area contributed by atoms with Gasteiger partial charge in [0.15, 0.2) is 0 Å². The summed E-state index contributed by atoms with van der Waals surface area (Å²) < 4.78 is 5.37. The van der Waals surface area contributed by atoms with Crippen LogP contribution in [-0.4, -0.2) is 18.2 Å². The van der Waals surface area contributed by atoms with Gasteiger partial charge >= 0.3 is 0 Å². The quantitative estimate of drug-likeness (QED) is 0.883. The smallest absolute Gasteiger partial charge is 0.110 e. The molecule has 0 amide bonds. The van der Waals surface area contributed by atoms with Crippen LogP contribution in [0.15, 0.2) is 5.38 Å². The summed E-state index contributed by atoms with van der Waals surface area (Å²) in [5.41, 5.74) is 7.59. The highest BCUT2D eigenvalue weighted by Crippen LogP contribution is 2.32. The van der Waals surface area contributed by atoms with Gasteiger partial charge < -0.3 is 10.5 Å². The highest BCUT2D eigenvalue weighted by molar-refractivity contribution is 7.09. The van der Waals surface area contributed by atoms with E-state index in [2.05, 4.69) is 26.2 Å². The minimum atomic E-state index is 0.0833. The van der Waals surface area contributed by atoms with Crippen molar-refractivity contribution in [1.82, 2.24) is 4.98 Å². The molecule has 2 rings (SSSR count). The van der Waals surface area contributed by atoms with Crippen LogP contribution in [-0.2, 0) is 10.2 Å². The van der Waals surface area contributed by atoms with Gasteiger partial charge in [0.25, 0.3) is 0 Å². The molecule has 1 aliphatic heterocycles. The Morgan fingerprint density at radius 2 is 2.06 bits per heavy atom. The van der Waals surface area contributed by atoms with Crippen LogP contribution in [0.4, 0.5) is 0 Å². The number of nitrogens with zero attached hydrogens (tertiary/aromatic N) is 1. The molecule has 0 spiro atoms. The molecule has 1 aromatic rings. The van der Waals surface area contributed by atoms with Crippen LogP contribution in [0.25, 0.3) is 0 Å². The van der Waals surface area contributed by atoms with Crippen molar-refractivity contribution >= 4 is 11.3 Å². The van der Waals surface area contributed by atoms with Crippen molar-refractivity contribution in [3.05, 3.63) is 16.1 Å². The zero-order valence-corrected chi connectivity index (χ0v) is 11.7. The zero-order chi connectivity index (χ0) is 12.5. The fraction of sp³-hybridized carbons (Fsp3) is 0.769. The molecule has 1 aromatic heterocycles. The maximum atomic E-state index is 6.32. The van der Waals surface area contributed by atoms with E-state index in [1.165, 1.54) is 0 Å². The fourth-order valence-electron chi connectivity index (χ4n) is 2.06. The van der Waals surface area contributed by atoms with Gasteiger partial charge in [0, 0.05) is 24.0 Å². The predicted octanol–water partition coefficient (Wildman–Crippen LogP) is 2.87. The van der Waals surface area contributed by atoms with Crippen LogP contribution < -0.4 is 5.73 Å². The lowest BCUT2D eigenvalue weighted by atomic mass is 9.92. The van der Waals surface area contributed by atoms with E-state index < -0.39 is 0 Å². The summed E-state index contributed by atoms with van der Waals surface area (Å²) in [6.07, 6.45) is 2.12. The summed E-state index contributed by atoms with van der Waals surface area (Å²) in [6.45, 7) is 8.25. The first kappa shape index (κ1) is 13.0. The normalized spacial score (nSPS) is 20.5. The van der Waals surface area contributed by atoms with Gasteiger partial charge in [0.05, 0.1) is 11.7 Å². The summed E-state index contributed by atoms with van der Waals surface area (Å²) in [4.78, 5) is 4.71. The third-order valence-electron chi connectivity index (χ3n) is 3.35. The number of aromatic nitrogens is 1. The Bertz CT molecular complexity index is 364. The average molecular weight is 254 g/mol. The Kier molecular flexibility index (Phi) is 3.85. The molecule has 3 nitrogen and oxygen atoms in total. The SMILES string of the molecule is CC(C)(C)c1csc(C(N)C2CCOCC2)n1. The van der Waals surface area contributed by atoms with Gasteiger partial charge in [-0.15, -0.1) is 11.3 Å². The van der Waals surface area contributed by atoms with Crippen LogP contribution in [0.5, 0.6) is 0 Å². The van der Waals surface area contributed by atoms with Crippen LogP contribution in [0.3, 0.4) is 0 Å². The third kappa shape index (κ3) is 3.06. The number of nitrogens with two attached hydrogens (primary N) is 1. The lowest BCUT2D eigenvalue weighted by Crippen LogP contribution is -2.27. The molecule has 0 radical (unpaired) electrons. The summed E-state index contributed by atoms with van der Waals surface area (Å²) >= 11 is 1.70. The number of thiazole rings is 1. The first-order valence-corrected chi connectivity index (χ1v) is 7.15. The van der Waals surface area contributed by atoms with E-state index in [1.807, 2.05) is 0 Å². The van der Waals surface area contributed by atoms with Crippen molar-refractivity contribution in [2.75, 3.05) is 13.2 Å². The monoisotopic (exact) mass is 254 g/mol. The number of hydrogen-bond donors (Lipinski definition) is 1. The molecule has 1 fully saturated rings. The number of rotatable bonds is 2. The molecule has 2 N–H and O–H groups in total. The van der Waals surface area contributed by atoms with Gasteiger partial charge in [-0.1, -0.05) is 20.8 Å². The Morgan fingerprint density at radius 3 is 2.59 bits per heavy atom. The van der Waals surface area contributed by atoms with Crippen LogP contribution in [0.2, 0.25) is 0 Å². The highest BCUT2D eigenvalue weighted by atomic mass is 32.1. The summed E-state index contributed by atoms with van der Waals surface area (Å²) in [5, 5.41) is 3.23. The van der Waals surface area contributed by atoms with E-state index in [0.717, 1.165) is 36.8 Å². The second-order valence-corrected chi connectivity index (χ2v) is 6.69. The van der Waals surface area contributed by atoms with Crippen molar-refractivity contribution in [2.45, 2.75) is 45.1 Å². The summed E-state index contributed by atoms with van der Waals surface area (Å²) in [6, 6.07) is 0.0833. The molecule has 17 heavy (non-hydrogen) atoms. The second kappa shape index (κ2) is 5.04. The molecular formula is C13H22N2OS. The lowest BCUT2D eigenvalue weighted by molar-refractivity contribution is 0.0583. The van der Waals surface area contributed by atoms with Crippen LogP contribution in [0, 0.1) is 5.92 Å². The van der Waals surface area contributed by atoms with Gasteiger partial charge in [-0.05, 0) is 18.8 Å². The molecule has 4 heteroatoms. The van der Waals surface area contributed by atoms with Gasteiger partial charge in [-0.25, -0.2) is 4.98 Å². The Balaban J connectivity index is 2.08. The van der Waals surface area contributed by atoms with Crippen LogP contribution in [0.1, 0.15) is 50.4 Å². The van der Waals surface area contributed by atoms with Crippen molar-refractivity contribution in [3.8, 4) is 0 Å². The molecule has 0 aromatic carbocycles. The summed E-state index contributed by atoms with van der Waals surface area (Å²) in [7, 11) is 0. The van der Waals surface area contributed by atoms with E-state index in [9.17, 15) is 0 Å². The van der Waals surface area contributed by atoms with Crippen molar-refractivity contribution in [1.29, 1.82) is 0 Å². The largest absolute Gasteiger partial charge is 0.381 e. The number of hydrogen-bond acceptors (Lipinski definition) is 4. The molecule has 0 aliphatic carbocycles. The second-order valence-electron chi connectivity index (χ2n) is 5.80. The summed E-state index contributed by atoms with van der Waals surface area (Å²) in [5.74, 6) is 0.530. The van der Waals surface area contributed by atoms with Gasteiger partial charge in [0.1, 0.15) is 5.01 Å². The average Bonchev–Trinajstić information content (AvgIpc) is 2.78. The zero-order valence-electron chi connectivity index (χ0n) is 10.9. The molecule has 0 bridgehead atoms. The fourth-order valence-corrected chi connectivity index (χ4v) is 3.20. The van der Waals surface area contributed by atoms with Crippen molar-refractivity contribution < 1.29 is 4.74 Å². The molecule has 1 unspecified atom stereocenters. The first-order chi connectivity index (χ1) is 7.98. The third-order valence-corrected chi connectivity index (χ3v) is 4.30. The Hall–Kier alpha value is -0.450. The van der Waals surface area contributed by atoms with E-state index in [0.29, 0.717) is 5.92 Å².